The number of carbonyl (C=O) groups is 1. The number of anilines is 2. The molecule has 3 rings (SSSR count). The van der Waals surface area contributed by atoms with Crippen molar-refractivity contribution in [3.63, 3.8) is 0 Å². The average Bonchev–Trinajstić information content (AvgIpc) is 3.10. The summed E-state index contributed by atoms with van der Waals surface area (Å²) in [5.74, 6) is -0.152. The zero-order valence-corrected chi connectivity index (χ0v) is 14.6. The number of carbonyl (C=O) groups excluding carboxylic acids is 1. The van der Waals surface area contributed by atoms with E-state index in [0.717, 1.165) is 43.0 Å². The molecular formula is C18H22N4OS. The van der Waals surface area contributed by atoms with Gasteiger partial charge in [-0.05, 0) is 51.2 Å². The molecular weight excluding hydrogens is 320 g/mol. The summed E-state index contributed by atoms with van der Waals surface area (Å²) in [6.07, 6.45) is 5.46. The van der Waals surface area contributed by atoms with Gasteiger partial charge in [-0.2, -0.15) is 0 Å². The van der Waals surface area contributed by atoms with Gasteiger partial charge in [0, 0.05) is 17.5 Å². The second-order valence-corrected chi connectivity index (χ2v) is 6.72. The molecule has 126 valence electrons. The fourth-order valence-corrected chi connectivity index (χ4v) is 3.25. The van der Waals surface area contributed by atoms with Gasteiger partial charge >= 0.3 is 0 Å². The van der Waals surface area contributed by atoms with Gasteiger partial charge in [-0.1, -0.05) is 12.1 Å². The number of nitrogens with zero attached hydrogens (tertiary/aromatic N) is 2. The van der Waals surface area contributed by atoms with Crippen LogP contribution in [-0.4, -0.2) is 42.0 Å². The Hall–Kier alpha value is -2.18. The molecule has 24 heavy (non-hydrogen) atoms. The fraction of sp³-hybridized carbons (Fsp3) is 0.333. The van der Waals surface area contributed by atoms with Gasteiger partial charge in [-0.3, -0.25) is 4.79 Å². The zero-order chi connectivity index (χ0) is 16.8. The Labute approximate surface area is 146 Å². The van der Waals surface area contributed by atoms with E-state index in [1.807, 2.05) is 29.6 Å². The molecule has 1 aliphatic rings. The molecule has 1 amide bonds. The lowest BCUT2D eigenvalue weighted by atomic mass is 10.0. The molecule has 1 aliphatic heterocycles. The van der Waals surface area contributed by atoms with Crippen LogP contribution in [-0.2, 0) is 4.79 Å². The molecule has 0 saturated carbocycles. The van der Waals surface area contributed by atoms with Gasteiger partial charge in [-0.15, -0.1) is 11.3 Å². The second-order valence-electron chi connectivity index (χ2n) is 6.00. The number of thiazole rings is 1. The molecule has 0 radical (unpaired) electrons. The Morgan fingerprint density at radius 1 is 1.29 bits per heavy atom. The number of nitrogens with one attached hydrogen (secondary N) is 2. The summed E-state index contributed by atoms with van der Waals surface area (Å²) in [6, 6.07) is 8.30. The number of piperidine rings is 1. The van der Waals surface area contributed by atoms with E-state index < -0.39 is 0 Å². The normalized spacial score (nSPS) is 16.4. The lowest BCUT2D eigenvalue weighted by Crippen LogP contribution is -2.36. The lowest BCUT2D eigenvalue weighted by Gasteiger charge is -2.30. The number of rotatable bonds is 5. The third-order valence-electron chi connectivity index (χ3n) is 4.12. The van der Waals surface area contributed by atoms with Crippen molar-refractivity contribution in [1.29, 1.82) is 0 Å². The van der Waals surface area contributed by atoms with E-state index >= 15 is 0 Å². The first-order valence-corrected chi connectivity index (χ1v) is 9.06. The molecule has 1 saturated heterocycles. The van der Waals surface area contributed by atoms with Crippen LogP contribution in [0.25, 0.3) is 6.08 Å². The van der Waals surface area contributed by atoms with Crippen molar-refractivity contribution in [2.75, 3.05) is 30.8 Å². The van der Waals surface area contributed by atoms with Crippen molar-refractivity contribution in [1.82, 2.24) is 9.88 Å². The third-order valence-corrected chi connectivity index (χ3v) is 4.72. The maximum absolute atomic E-state index is 12.1. The summed E-state index contributed by atoms with van der Waals surface area (Å²) in [6.45, 7) is 2.20. The van der Waals surface area contributed by atoms with Crippen LogP contribution in [0.3, 0.4) is 0 Å². The Bertz CT molecular complexity index is 691. The van der Waals surface area contributed by atoms with Gasteiger partial charge in [0.25, 0.3) is 0 Å². The number of amides is 1. The molecule has 0 bridgehead atoms. The van der Waals surface area contributed by atoms with Crippen LogP contribution in [0, 0.1) is 0 Å². The molecule has 1 fully saturated rings. The Morgan fingerprint density at radius 3 is 2.75 bits per heavy atom. The summed E-state index contributed by atoms with van der Waals surface area (Å²) >= 11 is 1.51. The van der Waals surface area contributed by atoms with Crippen LogP contribution in [0.15, 0.2) is 41.2 Å². The summed E-state index contributed by atoms with van der Waals surface area (Å²) in [5, 5.41) is 8.42. The summed E-state index contributed by atoms with van der Waals surface area (Å²) < 4.78 is 0. The highest BCUT2D eigenvalue weighted by Gasteiger charge is 2.17. The van der Waals surface area contributed by atoms with Crippen molar-refractivity contribution >= 4 is 34.7 Å². The van der Waals surface area contributed by atoms with Crippen molar-refractivity contribution in [2.45, 2.75) is 18.9 Å². The first-order valence-electron chi connectivity index (χ1n) is 8.12. The molecule has 2 N–H and O–H groups in total. The smallest absolute Gasteiger partial charge is 0.248 e. The van der Waals surface area contributed by atoms with Crippen LogP contribution in [0.4, 0.5) is 11.4 Å². The standard InChI is InChI=1S/C18H22N4OS/c1-22-10-8-14(9-11-22)20-16-4-2-3-5-17(16)21-18(23)7-6-15-12-24-13-19-15/h2-7,12-14,20H,8-11H2,1H3,(H,21,23)/b7-6-. The Kier molecular flexibility index (Phi) is 5.61. The van der Waals surface area contributed by atoms with E-state index in [0.29, 0.717) is 6.04 Å². The van der Waals surface area contributed by atoms with Gasteiger partial charge in [-0.25, -0.2) is 4.98 Å². The molecule has 0 atom stereocenters. The molecule has 0 unspecified atom stereocenters. The minimum Gasteiger partial charge on any atom is -0.381 e. The minimum absolute atomic E-state index is 0.152. The van der Waals surface area contributed by atoms with Crippen molar-refractivity contribution in [3.05, 3.63) is 46.9 Å². The van der Waals surface area contributed by atoms with E-state index in [1.54, 1.807) is 11.6 Å². The van der Waals surface area contributed by atoms with Gasteiger partial charge < -0.3 is 15.5 Å². The number of hydrogen-bond acceptors (Lipinski definition) is 5. The third kappa shape index (κ3) is 4.66. The predicted molar refractivity (Wildman–Crippen MR) is 100 cm³/mol. The molecule has 1 aromatic carbocycles. The largest absolute Gasteiger partial charge is 0.381 e. The van der Waals surface area contributed by atoms with E-state index in [9.17, 15) is 4.79 Å². The molecule has 2 aromatic rings. The molecule has 5 nitrogen and oxygen atoms in total. The maximum atomic E-state index is 12.1. The minimum atomic E-state index is -0.152. The summed E-state index contributed by atoms with van der Waals surface area (Å²) in [4.78, 5) is 18.6. The van der Waals surface area contributed by atoms with Crippen molar-refractivity contribution < 1.29 is 4.79 Å². The number of benzene rings is 1. The van der Waals surface area contributed by atoms with Gasteiger partial charge in [0.1, 0.15) is 0 Å². The average molecular weight is 342 g/mol. The van der Waals surface area contributed by atoms with Crippen LogP contribution in [0.5, 0.6) is 0 Å². The number of aromatic nitrogens is 1. The highest BCUT2D eigenvalue weighted by atomic mass is 32.1. The van der Waals surface area contributed by atoms with Crippen molar-refractivity contribution in [3.8, 4) is 0 Å². The Balaban J connectivity index is 1.62. The first kappa shape index (κ1) is 16.7. The highest BCUT2D eigenvalue weighted by molar-refractivity contribution is 7.07. The molecule has 2 heterocycles. The molecule has 0 spiro atoms. The number of para-hydroxylation sites is 2. The van der Waals surface area contributed by atoms with E-state index in [4.69, 9.17) is 0 Å². The first-order chi connectivity index (χ1) is 11.7. The quantitative estimate of drug-likeness (QED) is 0.819. The number of hydrogen-bond donors (Lipinski definition) is 2. The van der Waals surface area contributed by atoms with Crippen molar-refractivity contribution in [2.24, 2.45) is 0 Å². The second kappa shape index (κ2) is 8.08. The fourth-order valence-electron chi connectivity index (χ4n) is 2.73. The molecule has 1 aromatic heterocycles. The monoisotopic (exact) mass is 342 g/mol. The van der Waals surface area contributed by atoms with E-state index in [2.05, 4.69) is 27.6 Å². The summed E-state index contributed by atoms with van der Waals surface area (Å²) in [7, 11) is 2.15. The maximum Gasteiger partial charge on any atom is 0.248 e. The van der Waals surface area contributed by atoms with E-state index in [-0.39, 0.29) is 5.91 Å². The van der Waals surface area contributed by atoms with E-state index in [1.165, 1.54) is 17.4 Å². The molecule has 6 heteroatoms. The molecule has 0 aliphatic carbocycles. The Morgan fingerprint density at radius 2 is 2.04 bits per heavy atom. The SMILES string of the molecule is CN1CCC(Nc2ccccc2NC(=O)/C=C\c2cscn2)CC1. The van der Waals surface area contributed by atoms with Crippen LogP contribution >= 0.6 is 11.3 Å². The topological polar surface area (TPSA) is 57.3 Å². The highest BCUT2D eigenvalue weighted by Crippen LogP contribution is 2.24. The van der Waals surface area contributed by atoms with Crippen LogP contribution < -0.4 is 10.6 Å². The summed E-state index contributed by atoms with van der Waals surface area (Å²) in [5.41, 5.74) is 4.33. The van der Waals surface area contributed by atoms with Gasteiger partial charge in [0.2, 0.25) is 5.91 Å². The lowest BCUT2D eigenvalue weighted by molar-refractivity contribution is -0.111. The zero-order valence-electron chi connectivity index (χ0n) is 13.7. The number of likely N-dealkylation sites (tertiary alicyclic amines) is 1. The van der Waals surface area contributed by atoms with Crippen LogP contribution in [0.2, 0.25) is 0 Å². The van der Waals surface area contributed by atoms with Gasteiger partial charge in [0.15, 0.2) is 0 Å². The van der Waals surface area contributed by atoms with Gasteiger partial charge in [0.05, 0.1) is 22.6 Å². The predicted octanol–water partition coefficient (Wildman–Crippen LogP) is 3.30. The van der Waals surface area contributed by atoms with Crippen LogP contribution in [0.1, 0.15) is 18.5 Å².